The minimum absolute atomic E-state index is 0.00226. The lowest BCUT2D eigenvalue weighted by Crippen LogP contribution is -2.40. The number of allylic oxidation sites excluding steroid dienone is 2. The highest BCUT2D eigenvalue weighted by Gasteiger charge is 2.42. The summed E-state index contributed by atoms with van der Waals surface area (Å²) < 4.78 is 17.4. The molecule has 0 heterocycles. The molecule has 0 radical (unpaired) electrons. The van der Waals surface area contributed by atoms with Crippen LogP contribution in [0.25, 0.3) is 0 Å². The Morgan fingerprint density at radius 2 is 1.68 bits per heavy atom. The van der Waals surface area contributed by atoms with Crippen molar-refractivity contribution in [2.45, 2.75) is 71.3 Å². The largest absolute Gasteiger partial charge is 0.496 e. The zero-order valence-corrected chi connectivity index (χ0v) is 18.6. The normalized spacial score (nSPS) is 20.1. The maximum Gasteiger partial charge on any atom is 0.158 e. The van der Waals surface area contributed by atoms with Gasteiger partial charge in [0.05, 0.1) is 19.8 Å². The minimum atomic E-state index is -0.451. The number of aryl methyl sites for hydroxylation is 1. The van der Waals surface area contributed by atoms with E-state index in [2.05, 4.69) is 25.1 Å². The first-order chi connectivity index (χ1) is 13.3. The molecule has 28 heavy (non-hydrogen) atoms. The van der Waals surface area contributed by atoms with Crippen molar-refractivity contribution in [2.24, 2.45) is 5.92 Å². The van der Waals surface area contributed by atoms with E-state index in [9.17, 15) is 4.79 Å². The van der Waals surface area contributed by atoms with Gasteiger partial charge in [-0.15, -0.1) is 0 Å². The molecule has 2 unspecified atom stereocenters. The van der Waals surface area contributed by atoms with Crippen LogP contribution in [0.4, 0.5) is 0 Å². The molecule has 1 aromatic rings. The van der Waals surface area contributed by atoms with Gasteiger partial charge in [0.1, 0.15) is 11.5 Å². The number of hydrogen-bond donors (Lipinski definition) is 0. The molecule has 1 aromatic carbocycles. The van der Waals surface area contributed by atoms with Crippen LogP contribution in [0.2, 0.25) is 0 Å². The molecule has 0 saturated heterocycles. The van der Waals surface area contributed by atoms with Crippen molar-refractivity contribution < 1.29 is 19.0 Å². The lowest BCUT2D eigenvalue weighted by atomic mass is 9.69. The zero-order chi connectivity index (χ0) is 20.9. The molecule has 2 atom stereocenters. The monoisotopic (exact) mass is 388 g/mol. The summed E-state index contributed by atoms with van der Waals surface area (Å²) in [6, 6.07) is 4.26. The molecular formula is C24H36O4. The van der Waals surface area contributed by atoms with Crippen LogP contribution in [0.1, 0.15) is 70.4 Å². The fourth-order valence-electron chi connectivity index (χ4n) is 4.13. The molecule has 4 heteroatoms. The Morgan fingerprint density at radius 1 is 1.07 bits per heavy atom. The van der Waals surface area contributed by atoms with Gasteiger partial charge >= 0.3 is 0 Å². The van der Waals surface area contributed by atoms with E-state index in [1.807, 2.05) is 20.8 Å². The van der Waals surface area contributed by atoms with Gasteiger partial charge in [0, 0.05) is 30.9 Å². The van der Waals surface area contributed by atoms with Crippen LogP contribution in [-0.4, -0.2) is 32.7 Å². The third kappa shape index (κ3) is 4.78. The molecule has 0 amide bonds. The van der Waals surface area contributed by atoms with Crippen LogP contribution in [0, 0.1) is 5.92 Å². The summed E-state index contributed by atoms with van der Waals surface area (Å²) in [4.78, 5) is 12.5. The molecule has 156 valence electrons. The lowest BCUT2D eigenvalue weighted by molar-refractivity contribution is -0.120. The van der Waals surface area contributed by atoms with Gasteiger partial charge in [-0.3, -0.25) is 4.79 Å². The summed E-state index contributed by atoms with van der Waals surface area (Å²) in [5, 5.41) is 0. The first kappa shape index (κ1) is 22.5. The number of hydrogen-bond acceptors (Lipinski definition) is 4. The number of unbranched alkanes of at least 4 members (excludes halogenated alkanes) is 2. The summed E-state index contributed by atoms with van der Waals surface area (Å²) in [5.74, 6) is 1.82. The molecular weight excluding hydrogens is 352 g/mol. The number of benzene rings is 1. The van der Waals surface area contributed by atoms with Crippen molar-refractivity contribution in [3.8, 4) is 11.5 Å². The van der Waals surface area contributed by atoms with Gasteiger partial charge < -0.3 is 14.2 Å². The molecule has 0 fully saturated rings. The molecule has 0 aromatic heterocycles. The van der Waals surface area contributed by atoms with Crippen molar-refractivity contribution in [3.63, 3.8) is 0 Å². The highest BCUT2D eigenvalue weighted by Crippen LogP contribution is 2.48. The van der Waals surface area contributed by atoms with E-state index >= 15 is 0 Å². The number of methoxy groups -OCH3 is 3. The third-order valence-electron chi connectivity index (χ3n) is 6.13. The second kappa shape index (κ2) is 9.60. The Kier molecular flexibility index (Phi) is 7.70. The topological polar surface area (TPSA) is 44.8 Å². The van der Waals surface area contributed by atoms with Crippen LogP contribution in [0.15, 0.2) is 23.8 Å². The van der Waals surface area contributed by atoms with Gasteiger partial charge in [0.25, 0.3) is 0 Å². The fraction of sp³-hybridized carbons (Fsp3) is 0.625. The Hall–Kier alpha value is -1.81. The Balaban J connectivity index is 2.57. The summed E-state index contributed by atoms with van der Waals surface area (Å²) in [6.07, 6.45) is 7.08. The number of Topliss-reactive ketones (excluding diaryl/α,β-unsaturated/α-hetero) is 1. The van der Waals surface area contributed by atoms with Crippen LogP contribution < -0.4 is 9.47 Å². The highest BCUT2D eigenvalue weighted by molar-refractivity contribution is 5.96. The number of ether oxygens (including phenoxy) is 3. The molecule has 2 rings (SSSR count). The maximum absolute atomic E-state index is 12.5. The van der Waals surface area contributed by atoms with Crippen molar-refractivity contribution >= 4 is 5.78 Å². The van der Waals surface area contributed by atoms with E-state index in [1.165, 1.54) is 18.4 Å². The van der Waals surface area contributed by atoms with E-state index in [-0.39, 0.29) is 17.6 Å². The van der Waals surface area contributed by atoms with E-state index < -0.39 is 5.60 Å². The second-order valence-corrected chi connectivity index (χ2v) is 8.29. The molecule has 0 N–H and O–H groups in total. The van der Waals surface area contributed by atoms with Gasteiger partial charge in [-0.2, -0.15) is 0 Å². The number of carbonyl (C=O) groups is 1. The van der Waals surface area contributed by atoms with Gasteiger partial charge in [-0.05, 0) is 56.9 Å². The molecule has 0 saturated carbocycles. The van der Waals surface area contributed by atoms with E-state index in [4.69, 9.17) is 14.2 Å². The minimum Gasteiger partial charge on any atom is -0.496 e. The molecule has 4 nitrogen and oxygen atoms in total. The summed E-state index contributed by atoms with van der Waals surface area (Å²) >= 11 is 0. The van der Waals surface area contributed by atoms with Crippen LogP contribution >= 0.6 is 0 Å². The Morgan fingerprint density at radius 3 is 2.18 bits per heavy atom. The number of rotatable bonds is 9. The van der Waals surface area contributed by atoms with Crippen LogP contribution in [0.3, 0.4) is 0 Å². The molecule has 0 spiro atoms. The molecule has 1 aliphatic rings. The first-order valence-corrected chi connectivity index (χ1v) is 10.3. The lowest BCUT2D eigenvalue weighted by Gasteiger charge is -2.40. The summed E-state index contributed by atoms with van der Waals surface area (Å²) in [5.41, 5.74) is 2.57. The van der Waals surface area contributed by atoms with Crippen LogP contribution in [-0.2, 0) is 16.0 Å². The maximum atomic E-state index is 12.5. The van der Waals surface area contributed by atoms with E-state index in [0.29, 0.717) is 6.42 Å². The van der Waals surface area contributed by atoms with Crippen molar-refractivity contribution in [1.29, 1.82) is 0 Å². The predicted molar refractivity (Wildman–Crippen MR) is 113 cm³/mol. The average molecular weight is 389 g/mol. The molecule has 0 aliphatic heterocycles. The fourth-order valence-corrected chi connectivity index (χ4v) is 4.13. The van der Waals surface area contributed by atoms with E-state index in [1.54, 1.807) is 21.3 Å². The standard InChI is InChI=1S/C24H36O4/c1-8-9-10-11-17-13-21(26-5)23(22(14-17)27-6)18-12-16(2)20(25)15-19(18)24(3,4)28-7/h12-14,18-19H,8-11,15H2,1-7H3. The van der Waals surface area contributed by atoms with Gasteiger partial charge in [-0.25, -0.2) is 0 Å². The smallest absolute Gasteiger partial charge is 0.158 e. The quantitative estimate of drug-likeness (QED) is 0.525. The van der Waals surface area contributed by atoms with Crippen molar-refractivity contribution in [3.05, 3.63) is 34.9 Å². The Bertz CT molecular complexity index is 692. The van der Waals surface area contributed by atoms with Crippen molar-refractivity contribution in [2.75, 3.05) is 21.3 Å². The summed E-state index contributed by atoms with van der Waals surface area (Å²) in [7, 11) is 5.11. The second-order valence-electron chi connectivity index (χ2n) is 8.29. The van der Waals surface area contributed by atoms with Gasteiger partial charge in [-0.1, -0.05) is 25.8 Å². The first-order valence-electron chi connectivity index (χ1n) is 10.3. The van der Waals surface area contributed by atoms with Gasteiger partial charge in [0.15, 0.2) is 5.78 Å². The van der Waals surface area contributed by atoms with E-state index in [0.717, 1.165) is 35.5 Å². The highest BCUT2D eigenvalue weighted by atomic mass is 16.5. The molecule has 0 bridgehead atoms. The zero-order valence-electron chi connectivity index (χ0n) is 18.6. The van der Waals surface area contributed by atoms with Crippen molar-refractivity contribution in [1.82, 2.24) is 0 Å². The Labute approximate surface area is 170 Å². The average Bonchev–Trinajstić information content (AvgIpc) is 2.69. The molecule has 1 aliphatic carbocycles. The van der Waals surface area contributed by atoms with Crippen LogP contribution in [0.5, 0.6) is 11.5 Å². The number of ketones is 1. The van der Waals surface area contributed by atoms with Gasteiger partial charge in [0.2, 0.25) is 0 Å². The summed E-state index contributed by atoms with van der Waals surface area (Å²) in [6.45, 7) is 8.19. The predicted octanol–water partition coefficient (Wildman–Crippen LogP) is 5.48. The third-order valence-corrected chi connectivity index (χ3v) is 6.13. The SMILES string of the molecule is CCCCCc1cc(OC)c(C2C=C(C)C(=O)CC2C(C)(C)OC)c(OC)c1. The number of carbonyl (C=O) groups excluding carboxylic acids is 1.